The molecule has 2 aliphatic rings. The Morgan fingerprint density at radius 3 is 2.68 bits per heavy atom. The van der Waals surface area contributed by atoms with E-state index in [1.807, 2.05) is 0 Å². The van der Waals surface area contributed by atoms with E-state index in [-0.39, 0.29) is 11.9 Å². The summed E-state index contributed by atoms with van der Waals surface area (Å²) >= 11 is 0. The second kappa shape index (κ2) is 5.29. The number of amides is 1. The number of hydrogen-bond donors (Lipinski definition) is 2. The maximum atomic E-state index is 12.4. The molecule has 1 saturated heterocycles. The number of fused-ring (bicyclic) bond motifs is 1. The van der Waals surface area contributed by atoms with E-state index in [1.165, 1.54) is 11.0 Å². The average Bonchev–Trinajstić information content (AvgIpc) is 3.21. The Kier molecular flexibility index (Phi) is 3.57. The lowest BCUT2D eigenvalue weighted by Gasteiger charge is -2.33. The summed E-state index contributed by atoms with van der Waals surface area (Å²) in [7, 11) is 0. The van der Waals surface area contributed by atoms with E-state index in [2.05, 4.69) is 15.5 Å². The van der Waals surface area contributed by atoms with Crippen LogP contribution in [0.25, 0.3) is 0 Å². The van der Waals surface area contributed by atoms with Crippen LogP contribution in [0.15, 0.2) is 12.1 Å². The number of likely N-dealkylation sites (tertiary alicyclic amines) is 1. The summed E-state index contributed by atoms with van der Waals surface area (Å²) < 4.78 is 37.2. The van der Waals surface area contributed by atoms with Gasteiger partial charge in [0.15, 0.2) is 5.69 Å². The van der Waals surface area contributed by atoms with Crippen LogP contribution in [0, 0.1) is 11.8 Å². The first-order chi connectivity index (χ1) is 10.3. The molecule has 2 fully saturated rings. The number of nitrogens with one attached hydrogen (secondary N) is 1. The van der Waals surface area contributed by atoms with Crippen molar-refractivity contribution in [2.24, 2.45) is 11.8 Å². The van der Waals surface area contributed by atoms with Gasteiger partial charge in [0.25, 0.3) is 0 Å². The highest BCUT2D eigenvalue weighted by molar-refractivity contribution is 5.66. The first-order valence-corrected chi connectivity index (χ1v) is 6.99. The molecule has 1 aliphatic carbocycles. The Balaban J connectivity index is 1.60. The first kappa shape index (κ1) is 14.9. The van der Waals surface area contributed by atoms with Gasteiger partial charge in [0.05, 0.1) is 6.04 Å². The minimum absolute atomic E-state index is 0.189. The number of alkyl halides is 3. The van der Waals surface area contributed by atoms with Crippen LogP contribution in [-0.4, -0.2) is 45.4 Å². The summed E-state index contributed by atoms with van der Waals surface area (Å²) in [6.45, 7) is 0.848. The predicted molar refractivity (Wildman–Crippen MR) is 70.3 cm³/mol. The molecule has 3 unspecified atom stereocenters. The van der Waals surface area contributed by atoms with Gasteiger partial charge in [-0.25, -0.2) is 4.79 Å². The molecule has 9 heteroatoms. The molecular formula is C13H15F3N4O2. The molecule has 1 aromatic heterocycles. The maximum absolute atomic E-state index is 12.4. The van der Waals surface area contributed by atoms with Gasteiger partial charge in [-0.1, -0.05) is 0 Å². The average molecular weight is 316 g/mol. The number of aromatic nitrogens is 2. The van der Waals surface area contributed by atoms with Gasteiger partial charge in [-0.15, -0.1) is 10.2 Å². The van der Waals surface area contributed by atoms with Crippen molar-refractivity contribution in [3.05, 3.63) is 17.8 Å². The van der Waals surface area contributed by atoms with Gasteiger partial charge in [0.1, 0.15) is 5.82 Å². The van der Waals surface area contributed by atoms with Crippen molar-refractivity contribution in [2.75, 3.05) is 18.4 Å². The predicted octanol–water partition coefficient (Wildman–Crippen LogP) is 2.30. The van der Waals surface area contributed by atoms with Crippen molar-refractivity contribution in [1.29, 1.82) is 0 Å². The molecule has 3 atom stereocenters. The van der Waals surface area contributed by atoms with Crippen molar-refractivity contribution < 1.29 is 23.1 Å². The molecule has 22 heavy (non-hydrogen) atoms. The number of hydrogen-bond acceptors (Lipinski definition) is 4. The second-order valence-electron chi connectivity index (χ2n) is 5.76. The zero-order valence-corrected chi connectivity index (χ0v) is 11.5. The Bertz CT molecular complexity index is 563. The smallest absolute Gasteiger partial charge is 0.435 e. The van der Waals surface area contributed by atoms with Crippen LogP contribution in [-0.2, 0) is 6.18 Å². The minimum Gasteiger partial charge on any atom is -0.465 e. The minimum atomic E-state index is -4.52. The fraction of sp³-hybridized carbons (Fsp3) is 0.615. The van der Waals surface area contributed by atoms with E-state index in [0.29, 0.717) is 24.9 Å². The van der Waals surface area contributed by atoms with Gasteiger partial charge in [-0.05, 0) is 36.8 Å². The van der Waals surface area contributed by atoms with Gasteiger partial charge in [0, 0.05) is 13.1 Å². The molecule has 1 aliphatic heterocycles. The summed E-state index contributed by atoms with van der Waals surface area (Å²) in [4.78, 5) is 12.6. The first-order valence-electron chi connectivity index (χ1n) is 6.99. The van der Waals surface area contributed by atoms with E-state index in [4.69, 9.17) is 0 Å². The van der Waals surface area contributed by atoms with Crippen molar-refractivity contribution in [2.45, 2.75) is 25.1 Å². The summed E-state index contributed by atoms with van der Waals surface area (Å²) in [5.41, 5.74) is -1.05. The third-order valence-corrected chi connectivity index (χ3v) is 4.24. The molecule has 6 nitrogen and oxygen atoms in total. The molecule has 0 radical (unpaired) electrons. The Morgan fingerprint density at radius 1 is 1.32 bits per heavy atom. The molecular weight excluding hydrogens is 301 g/mol. The number of anilines is 1. The quantitative estimate of drug-likeness (QED) is 0.894. The monoisotopic (exact) mass is 316 g/mol. The van der Waals surface area contributed by atoms with Crippen LogP contribution in [0.1, 0.15) is 18.5 Å². The second-order valence-corrected chi connectivity index (χ2v) is 5.76. The number of piperidine rings is 1. The maximum Gasteiger partial charge on any atom is 0.435 e. The van der Waals surface area contributed by atoms with Gasteiger partial charge in [0.2, 0.25) is 0 Å². The number of nitrogens with zero attached hydrogens (tertiary/aromatic N) is 3. The Hall–Kier alpha value is -2.06. The van der Waals surface area contributed by atoms with Crippen molar-refractivity contribution in [1.82, 2.24) is 15.1 Å². The van der Waals surface area contributed by atoms with Gasteiger partial charge >= 0.3 is 12.3 Å². The molecule has 3 rings (SSSR count). The van der Waals surface area contributed by atoms with Crippen molar-refractivity contribution in [3.8, 4) is 0 Å². The fourth-order valence-corrected chi connectivity index (χ4v) is 2.93. The van der Waals surface area contributed by atoms with Gasteiger partial charge < -0.3 is 15.3 Å². The highest BCUT2D eigenvalue weighted by Gasteiger charge is 2.47. The zero-order valence-electron chi connectivity index (χ0n) is 11.5. The highest BCUT2D eigenvalue weighted by Crippen LogP contribution is 2.47. The lowest BCUT2D eigenvalue weighted by Crippen LogP contribution is -2.47. The van der Waals surface area contributed by atoms with E-state index in [9.17, 15) is 23.1 Å². The van der Waals surface area contributed by atoms with Crippen LogP contribution in [0.4, 0.5) is 23.8 Å². The SMILES string of the molecule is O=C(O)N1CC2CC2CC1CNc1ccc(C(F)(F)F)nn1. The molecule has 120 valence electrons. The third kappa shape index (κ3) is 3.07. The summed E-state index contributed by atoms with van der Waals surface area (Å²) in [6, 6.07) is 1.86. The standard InChI is InChI=1S/C13H15F3N4O2/c14-13(15,16)10-1-2-11(19-18-10)17-5-9-4-7-3-8(7)6-20(9)12(21)22/h1-2,7-9H,3-6H2,(H,17,19)(H,21,22). The highest BCUT2D eigenvalue weighted by atomic mass is 19.4. The zero-order chi connectivity index (χ0) is 15.9. The number of carbonyl (C=O) groups is 1. The van der Waals surface area contributed by atoms with E-state index in [0.717, 1.165) is 18.9 Å². The number of halogens is 3. The molecule has 2 heterocycles. The molecule has 1 aromatic rings. The van der Waals surface area contributed by atoms with Crippen LogP contribution in [0.5, 0.6) is 0 Å². The Morgan fingerprint density at radius 2 is 2.09 bits per heavy atom. The number of rotatable bonds is 3. The molecule has 1 saturated carbocycles. The third-order valence-electron chi connectivity index (χ3n) is 4.24. The molecule has 2 N–H and O–H groups in total. The molecule has 0 aromatic carbocycles. The summed E-state index contributed by atoms with van der Waals surface area (Å²) in [5, 5.41) is 18.7. The van der Waals surface area contributed by atoms with Crippen LogP contribution >= 0.6 is 0 Å². The van der Waals surface area contributed by atoms with Crippen LogP contribution in [0.3, 0.4) is 0 Å². The topological polar surface area (TPSA) is 78.4 Å². The molecule has 0 spiro atoms. The van der Waals surface area contributed by atoms with Crippen LogP contribution < -0.4 is 5.32 Å². The van der Waals surface area contributed by atoms with Gasteiger partial charge in [-0.3, -0.25) is 0 Å². The van der Waals surface area contributed by atoms with E-state index in [1.54, 1.807) is 0 Å². The van der Waals surface area contributed by atoms with Crippen LogP contribution in [0.2, 0.25) is 0 Å². The summed E-state index contributed by atoms with van der Waals surface area (Å²) in [6.07, 6.45) is -3.65. The fourth-order valence-electron chi connectivity index (χ4n) is 2.93. The molecule has 0 bridgehead atoms. The number of carboxylic acid groups (broad SMARTS) is 1. The lowest BCUT2D eigenvalue weighted by atomic mass is 10.0. The van der Waals surface area contributed by atoms with E-state index < -0.39 is 18.0 Å². The van der Waals surface area contributed by atoms with Gasteiger partial charge in [-0.2, -0.15) is 13.2 Å². The van der Waals surface area contributed by atoms with Crippen molar-refractivity contribution >= 4 is 11.9 Å². The normalized spacial score (nSPS) is 27.2. The lowest BCUT2D eigenvalue weighted by molar-refractivity contribution is -0.141. The Labute approximate surface area is 124 Å². The van der Waals surface area contributed by atoms with Crippen molar-refractivity contribution in [3.63, 3.8) is 0 Å². The van der Waals surface area contributed by atoms with E-state index >= 15 is 0 Å². The molecule has 1 amide bonds. The summed E-state index contributed by atoms with van der Waals surface area (Å²) in [5.74, 6) is 1.25. The largest absolute Gasteiger partial charge is 0.465 e.